The van der Waals surface area contributed by atoms with E-state index in [1.807, 2.05) is 18.2 Å². The summed E-state index contributed by atoms with van der Waals surface area (Å²) in [6.45, 7) is 4.90. The van der Waals surface area contributed by atoms with Gasteiger partial charge in [0.05, 0.1) is 0 Å². The topological polar surface area (TPSA) is 58.6 Å². The molecule has 31 heavy (non-hydrogen) atoms. The van der Waals surface area contributed by atoms with Gasteiger partial charge in [0.1, 0.15) is 18.0 Å². The minimum Gasteiger partial charge on any atom is -0.488 e. The zero-order chi connectivity index (χ0) is 21.1. The number of carbonyl (C=O) groups is 1. The van der Waals surface area contributed by atoms with Gasteiger partial charge in [-0.1, -0.05) is 25.5 Å². The third-order valence-corrected chi connectivity index (χ3v) is 7.61. The van der Waals surface area contributed by atoms with Crippen LogP contribution in [-0.2, 0) is 12.8 Å². The number of aliphatic hydroxyl groups excluding tert-OH is 1. The Bertz CT molecular complexity index is 866. The Morgan fingerprint density at radius 3 is 2.71 bits per heavy atom. The fourth-order valence-electron chi connectivity index (χ4n) is 4.69. The highest BCUT2D eigenvalue weighted by molar-refractivity contribution is 7.12. The number of Topliss-reactive ketones (excluding diaryl/α,β-unsaturated/α-hetero) is 1. The van der Waals surface area contributed by atoms with Gasteiger partial charge in [-0.15, -0.1) is 23.7 Å². The van der Waals surface area contributed by atoms with E-state index in [1.54, 1.807) is 11.3 Å². The van der Waals surface area contributed by atoms with Crippen LogP contribution in [0.2, 0.25) is 0 Å². The quantitative estimate of drug-likeness (QED) is 0.570. The van der Waals surface area contributed by atoms with E-state index in [0.29, 0.717) is 6.54 Å². The van der Waals surface area contributed by atoms with Gasteiger partial charge in [0.25, 0.3) is 0 Å². The molecular formula is C25H34ClNO3S. The van der Waals surface area contributed by atoms with Crippen molar-refractivity contribution in [3.63, 3.8) is 0 Å². The molecule has 1 heterocycles. The number of nitrogens with one attached hydrogen (secondary N) is 1. The van der Waals surface area contributed by atoms with Crippen LogP contribution in [0.1, 0.15) is 64.7 Å². The second-order valence-corrected chi connectivity index (χ2v) is 10.1. The van der Waals surface area contributed by atoms with Crippen LogP contribution in [0.4, 0.5) is 0 Å². The van der Waals surface area contributed by atoms with Crippen molar-refractivity contribution in [2.24, 2.45) is 5.92 Å². The summed E-state index contributed by atoms with van der Waals surface area (Å²) in [5.41, 5.74) is 2.25. The van der Waals surface area contributed by atoms with Crippen LogP contribution in [0.3, 0.4) is 0 Å². The first-order chi connectivity index (χ1) is 14.5. The summed E-state index contributed by atoms with van der Waals surface area (Å²) < 4.78 is 6.08. The average Bonchev–Trinajstić information content (AvgIpc) is 3.30. The Balaban J connectivity index is 0.00000272. The van der Waals surface area contributed by atoms with Gasteiger partial charge in [-0.05, 0) is 69.2 Å². The largest absolute Gasteiger partial charge is 0.488 e. The smallest absolute Gasteiger partial charge is 0.168 e. The van der Waals surface area contributed by atoms with Crippen molar-refractivity contribution in [3.05, 3.63) is 51.2 Å². The van der Waals surface area contributed by atoms with Gasteiger partial charge in [-0.3, -0.25) is 4.79 Å². The van der Waals surface area contributed by atoms with Crippen LogP contribution in [-0.4, -0.2) is 35.7 Å². The Morgan fingerprint density at radius 1 is 1.19 bits per heavy atom. The highest BCUT2D eigenvalue weighted by Crippen LogP contribution is 2.32. The second kappa shape index (κ2) is 11.0. The maximum atomic E-state index is 12.8. The van der Waals surface area contributed by atoms with Crippen LogP contribution in [0.15, 0.2) is 30.3 Å². The summed E-state index contributed by atoms with van der Waals surface area (Å²) >= 11 is 1.75. The van der Waals surface area contributed by atoms with E-state index in [2.05, 4.69) is 31.3 Å². The van der Waals surface area contributed by atoms with Crippen molar-refractivity contribution in [1.29, 1.82) is 0 Å². The van der Waals surface area contributed by atoms with Crippen LogP contribution in [0, 0.1) is 12.8 Å². The number of thiophene rings is 1. The van der Waals surface area contributed by atoms with Crippen molar-refractivity contribution >= 4 is 29.5 Å². The minimum absolute atomic E-state index is 0. The van der Waals surface area contributed by atoms with Crippen molar-refractivity contribution in [3.8, 4) is 5.75 Å². The predicted octanol–water partition coefficient (Wildman–Crippen LogP) is 5.13. The first-order valence-electron chi connectivity index (χ1n) is 11.4. The lowest BCUT2D eigenvalue weighted by atomic mass is 9.87. The number of fused-ring (bicyclic) bond motifs is 1. The first kappa shape index (κ1) is 24.2. The Hall–Kier alpha value is -1.40. The van der Waals surface area contributed by atoms with Gasteiger partial charge in [0, 0.05) is 33.8 Å². The molecular weight excluding hydrogens is 430 g/mol. The van der Waals surface area contributed by atoms with Gasteiger partial charge in [0.15, 0.2) is 5.78 Å². The number of benzene rings is 1. The Kier molecular flexibility index (Phi) is 8.57. The molecule has 1 aromatic carbocycles. The van der Waals surface area contributed by atoms with Crippen LogP contribution >= 0.6 is 23.7 Å². The van der Waals surface area contributed by atoms with E-state index in [4.69, 9.17) is 4.74 Å². The zero-order valence-corrected chi connectivity index (χ0v) is 20.1. The predicted molar refractivity (Wildman–Crippen MR) is 129 cm³/mol. The van der Waals surface area contributed by atoms with Crippen LogP contribution in [0.25, 0.3) is 0 Å². The maximum absolute atomic E-state index is 12.8. The molecule has 2 N–H and O–H groups in total. The fraction of sp³-hybridized carbons (Fsp3) is 0.560. The molecule has 0 bridgehead atoms. The van der Waals surface area contributed by atoms with Crippen LogP contribution < -0.4 is 10.1 Å². The van der Waals surface area contributed by atoms with E-state index in [1.165, 1.54) is 28.2 Å². The number of aryl methyl sites for hydroxylation is 3. The molecule has 0 aliphatic heterocycles. The average molecular weight is 464 g/mol. The van der Waals surface area contributed by atoms with Gasteiger partial charge in [-0.25, -0.2) is 0 Å². The van der Waals surface area contributed by atoms with E-state index in [0.717, 1.165) is 43.4 Å². The monoisotopic (exact) mass is 463 g/mol. The van der Waals surface area contributed by atoms with Gasteiger partial charge in [-0.2, -0.15) is 0 Å². The molecule has 0 radical (unpaired) electrons. The molecule has 2 aliphatic carbocycles. The summed E-state index contributed by atoms with van der Waals surface area (Å²) in [5, 5.41) is 14.2. The molecule has 1 saturated carbocycles. The number of halogens is 1. The molecule has 4 nitrogen and oxygen atoms in total. The second-order valence-electron chi connectivity index (χ2n) is 8.78. The summed E-state index contributed by atoms with van der Waals surface area (Å²) in [6.07, 6.45) is 6.31. The van der Waals surface area contributed by atoms with Crippen LogP contribution in [0.5, 0.6) is 5.75 Å². The molecule has 0 amide bonds. The molecule has 4 atom stereocenters. The molecule has 170 valence electrons. The lowest BCUT2D eigenvalue weighted by Crippen LogP contribution is -2.44. The van der Waals surface area contributed by atoms with Crippen molar-refractivity contribution in [2.75, 3.05) is 6.54 Å². The molecule has 4 rings (SSSR count). The number of hydrogen-bond donors (Lipinski definition) is 2. The summed E-state index contributed by atoms with van der Waals surface area (Å²) in [7, 11) is 0. The Labute approximate surface area is 195 Å². The van der Waals surface area contributed by atoms with E-state index >= 15 is 0 Å². The number of carbonyl (C=O) groups excluding carboxylic acids is 1. The SMILES string of the molecule is CCCCc1ccc(O[C@@H]2CC[C@@H](NCC3CCc4sc(C)cc4C3=O)[C@H]2O)cc1.Cl. The number of ether oxygens (including phenoxy) is 1. The fourth-order valence-corrected chi connectivity index (χ4v) is 5.74. The summed E-state index contributed by atoms with van der Waals surface area (Å²) in [6, 6.07) is 10.3. The highest BCUT2D eigenvalue weighted by Gasteiger charge is 2.37. The molecule has 0 spiro atoms. The normalized spacial score (nSPS) is 25.2. The van der Waals surface area contributed by atoms with Gasteiger partial charge >= 0.3 is 0 Å². The van der Waals surface area contributed by atoms with E-state index in [9.17, 15) is 9.90 Å². The van der Waals surface area contributed by atoms with E-state index in [-0.39, 0.29) is 36.3 Å². The number of ketones is 1. The van der Waals surface area contributed by atoms with Crippen molar-refractivity contribution < 1.29 is 14.6 Å². The van der Waals surface area contributed by atoms with E-state index < -0.39 is 6.10 Å². The molecule has 2 aromatic rings. The number of rotatable bonds is 8. The van der Waals surface area contributed by atoms with Gasteiger partial charge < -0.3 is 15.2 Å². The lowest BCUT2D eigenvalue weighted by Gasteiger charge is -2.25. The number of unbranched alkanes of at least 4 members (excludes halogenated alkanes) is 1. The minimum atomic E-state index is -0.553. The summed E-state index contributed by atoms with van der Waals surface area (Å²) in [4.78, 5) is 15.2. The maximum Gasteiger partial charge on any atom is 0.168 e. The molecule has 2 aliphatic rings. The van der Waals surface area contributed by atoms with Gasteiger partial charge in [0.2, 0.25) is 0 Å². The molecule has 0 saturated heterocycles. The highest BCUT2D eigenvalue weighted by atomic mass is 35.5. The Morgan fingerprint density at radius 2 is 1.97 bits per heavy atom. The standard InChI is InChI=1S/C25H33NO3S.ClH/c1-3-4-5-17-6-9-19(10-7-17)29-22-12-11-21(25(22)28)26-15-18-8-13-23-20(24(18)27)14-16(2)30-23;/h6-7,9-10,14,18,21-22,25-26,28H,3-5,8,11-13,15H2,1-2H3;1H/t18?,21-,22-,25-;/m1./s1. The third kappa shape index (κ3) is 5.70. The van der Waals surface area contributed by atoms with Crippen molar-refractivity contribution in [1.82, 2.24) is 5.32 Å². The number of hydrogen-bond acceptors (Lipinski definition) is 5. The zero-order valence-electron chi connectivity index (χ0n) is 18.4. The molecule has 6 heteroatoms. The third-order valence-electron chi connectivity index (χ3n) is 6.50. The molecule has 1 aromatic heterocycles. The lowest BCUT2D eigenvalue weighted by molar-refractivity contribution is 0.0441. The summed E-state index contributed by atoms with van der Waals surface area (Å²) in [5.74, 6) is 1.09. The first-order valence-corrected chi connectivity index (χ1v) is 12.2. The molecule has 1 unspecified atom stereocenters. The van der Waals surface area contributed by atoms with Crippen molar-refractivity contribution in [2.45, 2.75) is 77.0 Å². The molecule has 1 fully saturated rings. The number of aliphatic hydroxyl groups is 1.